The van der Waals surface area contributed by atoms with Gasteiger partial charge in [-0.2, -0.15) is 11.3 Å². The molecule has 2 heterocycles. The fourth-order valence-electron chi connectivity index (χ4n) is 2.36. The summed E-state index contributed by atoms with van der Waals surface area (Å²) in [5.74, 6) is 0. The zero-order valence-electron chi connectivity index (χ0n) is 12.1. The maximum absolute atomic E-state index is 10.4. The van der Waals surface area contributed by atoms with E-state index >= 15 is 0 Å². The second-order valence-electron chi connectivity index (χ2n) is 5.15. The lowest BCUT2D eigenvalue weighted by Gasteiger charge is -2.24. The SMILES string of the molecule is OC(CN(Cc1ccccc1)Cc1nccs1)c1ccsc1. The van der Waals surface area contributed by atoms with Crippen LogP contribution in [0.25, 0.3) is 0 Å². The van der Waals surface area contributed by atoms with Crippen molar-refractivity contribution in [1.82, 2.24) is 9.88 Å². The monoisotopic (exact) mass is 330 g/mol. The highest BCUT2D eigenvalue weighted by atomic mass is 32.1. The average molecular weight is 330 g/mol. The Bertz CT molecular complexity index is 653. The van der Waals surface area contributed by atoms with E-state index < -0.39 is 6.10 Å². The van der Waals surface area contributed by atoms with E-state index in [-0.39, 0.29) is 0 Å². The number of aromatic nitrogens is 1. The number of aliphatic hydroxyl groups excluding tert-OH is 1. The van der Waals surface area contributed by atoms with Gasteiger partial charge in [0.15, 0.2) is 0 Å². The third-order valence-electron chi connectivity index (χ3n) is 3.45. The van der Waals surface area contributed by atoms with Crippen LogP contribution in [-0.4, -0.2) is 21.5 Å². The Labute approximate surface area is 138 Å². The molecule has 3 rings (SSSR count). The predicted octanol–water partition coefficient (Wildman–Crippen LogP) is 3.94. The minimum Gasteiger partial charge on any atom is -0.387 e. The fourth-order valence-corrected chi connectivity index (χ4v) is 3.73. The van der Waals surface area contributed by atoms with Crippen molar-refractivity contribution >= 4 is 22.7 Å². The first kappa shape index (κ1) is 15.4. The Morgan fingerprint density at radius 1 is 1.09 bits per heavy atom. The first-order chi connectivity index (χ1) is 10.8. The van der Waals surface area contributed by atoms with Crippen molar-refractivity contribution in [2.45, 2.75) is 19.2 Å². The molecule has 3 aromatic rings. The normalized spacial score (nSPS) is 12.6. The van der Waals surface area contributed by atoms with Crippen LogP contribution in [0.5, 0.6) is 0 Å². The highest BCUT2D eigenvalue weighted by molar-refractivity contribution is 7.09. The van der Waals surface area contributed by atoms with E-state index in [2.05, 4.69) is 22.0 Å². The third-order valence-corrected chi connectivity index (χ3v) is 4.92. The largest absolute Gasteiger partial charge is 0.387 e. The van der Waals surface area contributed by atoms with E-state index in [9.17, 15) is 5.11 Å². The molecule has 3 nitrogen and oxygen atoms in total. The molecule has 2 aromatic heterocycles. The van der Waals surface area contributed by atoms with E-state index in [1.165, 1.54) is 5.56 Å². The van der Waals surface area contributed by atoms with E-state index in [1.54, 1.807) is 22.7 Å². The Morgan fingerprint density at radius 3 is 2.64 bits per heavy atom. The second kappa shape index (κ2) is 7.65. The van der Waals surface area contributed by atoms with Crippen LogP contribution in [0.4, 0.5) is 0 Å². The lowest BCUT2D eigenvalue weighted by molar-refractivity contribution is 0.105. The fraction of sp³-hybridized carbons (Fsp3) is 0.235. The number of hydrogen-bond acceptors (Lipinski definition) is 5. The van der Waals surface area contributed by atoms with Crippen LogP contribution in [0.3, 0.4) is 0 Å². The van der Waals surface area contributed by atoms with Gasteiger partial charge in [-0.1, -0.05) is 30.3 Å². The second-order valence-corrected chi connectivity index (χ2v) is 6.91. The van der Waals surface area contributed by atoms with Crippen LogP contribution in [0, 0.1) is 0 Å². The number of benzene rings is 1. The minimum absolute atomic E-state index is 0.463. The van der Waals surface area contributed by atoms with Crippen LogP contribution < -0.4 is 0 Å². The van der Waals surface area contributed by atoms with Crippen LogP contribution >= 0.6 is 22.7 Å². The van der Waals surface area contributed by atoms with Crippen LogP contribution in [-0.2, 0) is 13.1 Å². The summed E-state index contributed by atoms with van der Waals surface area (Å²) in [5.41, 5.74) is 2.23. The van der Waals surface area contributed by atoms with Crippen LogP contribution in [0.2, 0.25) is 0 Å². The number of aliphatic hydroxyl groups is 1. The van der Waals surface area contributed by atoms with Crippen molar-refractivity contribution in [3.8, 4) is 0 Å². The molecule has 1 N–H and O–H groups in total. The zero-order chi connectivity index (χ0) is 15.2. The summed E-state index contributed by atoms with van der Waals surface area (Å²) in [5, 5.41) is 17.5. The van der Waals surface area contributed by atoms with E-state index in [0.717, 1.165) is 23.7 Å². The summed E-state index contributed by atoms with van der Waals surface area (Å²) >= 11 is 3.27. The number of nitrogens with zero attached hydrogens (tertiary/aromatic N) is 2. The molecule has 0 aliphatic rings. The third kappa shape index (κ3) is 4.24. The summed E-state index contributed by atoms with van der Waals surface area (Å²) in [6.45, 7) is 2.17. The van der Waals surface area contributed by atoms with Gasteiger partial charge in [-0.05, 0) is 28.0 Å². The number of thiophene rings is 1. The lowest BCUT2D eigenvalue weighted by Crippen LogP contribution is -2.27. The number of rotatable bonds is 7. The van der Waals surface area contributed by atoms with Crippen LogP contribution in [0.15, 0.2) is 58.7 Å². The molecule has 0 aliphatic carbocycles. The van der Waals surface area contributed by atoms with Gasteiger partial charge in [0.05, 0.1) is 12.6 Å². The smallest absolute Gasteiger partial charge is 0.107 e. The molecule has 22 heavy (non-hydrogen) atoms. The molecule has 114 valence electrons. The van der Waals surface area contributed by atoms with Crippen molar-refractivity contribution in [3.05, 3.63) is 74.9 Å². The number of hydrogen-bond donors (Lipinski definition) is 1. The summed E-state index contributed by atoms with van der Waals surface area (Å²) < 4.78 is 0. The van der Waals surface area contributed by atoms with E-state index in [1.807, 2.05) is 46.6 Å². The zero-order valence-corrected chi connectivity index (χ0v) is 13.8. The van der Waals surface area contributed by atoms with Gasteiger partial charge in [-0.25, -0.2) is 4.98 Å². The molecule has 0 saturated carbocycles. The average Bonchev–Trinajstić information content (AvgIpc) is 3.21. The van der Waals surface area contributed by atoms with Crippen molar-refractivity contribution in [2.75, 3.05) is 6.54 Å². The van der Waals surface area contributed by atoms with Gasteiger partial charge in [-0.3, -0.25) is 4.90 Å². The minimum atomic E-state index is -0.463. The molecule has 1 unspecified atom stereocenters. The van der Waals surface area contributed by atoms with Gasteiger partial charge in [0, 0.05) is 24.7 Å². The summed E-state index contributed by atoms with van der Waals surface area (Å²) in [4.78, 5) is 6.61. The highest BCUT2D eigenvalue weighted by Crippen LogP contribution is 2.20. The molecule has 0 saturated heterocycles. The van der Waals surface area contributed by atoms with Gasteiger partial charge >= 0.3 is 0 Å². The summed E-state index contributed by atoms with van der Waals surface area (Å²) in [6.07, 6.45) is 1.37. The van der Waals surface area contributed by atoms with Gasteiger partial charge in [0.1, 0.15) is 5.01 Å². The Kier molecular flexibility index (Phi) is 5.34. The maximum atomic E-state index is 10.4. The van der Waals surface area contributed by atoms with Crippen molar-refractivity contribution in [1.29, 1.82) is 0 Å². The molecule has 0 aliphatic heterocycles. The van der Waals surface area contributed by atoms with E-state index in [4.69, 9.17) is 0 Å². The Hall–Kier alpha value is -1.53. The quantitative estimate of drug-likeness (QED) is 0.713. The molecule has 5 heteroatoms. The first-order valence-electron chi connectivity index (χ1n) is 7.16. The summed E-state index contributed by atoms with van der Waals surface area (Å²) in [7, 11) is 0. The van der Waals surface area contributed by atoms with Crippen LogP contribution in [0.1, 0.15) is 22.2 Å². The van der Waals surface area contributed by atoms with Gasteiger partial charge in [0.2, 0.25) is 0 Å². The molecular formula is C17H18N2OS2. The molecular weight excluding hydrogens is 312 g/mol. The molecule has 0 spiro atoms. The molecule has 1 aromatic carbocycles. The topological polar surface area (TPSA) is 36.4 Å². The van der Waals surface area contributed by atoms with Gasteiger partial charge in [0.25, 0.3) is 0 Å². The number of thiazole rings is 1. The van der Waals surface area contributed by atoms with Gasteiger partial charge < -0.3 is 5.11 Å². The van der Waals surface area contributed by atoms with Crippen molar-refractivity contribution in [3.63, 3.8) is 0 Å². The molecule has 0 amide bonds. The van der Waals surface area contributed by atoms with Gasteiger partial charge in [-0.15, -0.1) is 11.3 Å². The highest BCUT2D eigenvalue weighted by Gasteiger charge is 2.15. The molecule has 0 radical (unpaired) electrons. The first-order valence-corrected chi connectivity index (χ1v) is 8.98. The lowest BCUT2D eigenvalue weighted by atomic mass is 10.1. The Balaban J connectivity index is 1.70. The standard InChI is InChI=1S/C17H18N2OS2/c20-16(15-6-8-21-13-15)11-19(12-17-18-7-9-22-17)10-14-4-2-1-3-5-14/h1-9,13,16,20H,10-12H2. The molecule has 0 fully saturated rings. The molecule has 1 atom stereocenters. The molecule has 0 bridgehead atoms. The predicted molar refractivity (Wildman–Crippen MR) is 91.9 cm³/mol. The van der Waals surface area contributed by atoms with Crippen molar-refractivity contribution in [2.24, 2.45) is 0 Å². The van der Waals surface area contributed by atoms with E-state index in [0.29, 0.717) is 6.54 Å². The van der Waals surface area contributed by atoms with Crippen molar-refractivity contribution < 1.29 is 5.11 Å². The maximum Gasteiger partial charge on any atom is 0.107 e. The summed E-state index contributed by atoms with van der Waals surface area (Å²) in [6, 6.07) is 12.3. The Morgan fingerprint density at radius 2 is 1.95 bits per heavy atom.